The molecule has 1 aliphatic rings. The molecule has 6 nitrogen and oxygen atoms in total. The topological polar surface area (TPSA) is 43.4 Å². The van der Waals surface area contributed by atoms with Crippen LogP contribution in [0.4, 0.5) is 30.7 Å². The van der Waals surface area contributed by atoms with Gasteiger partial charge in [-0.05, 0) is 62.2 Å². The van der Waals surface area contributed by atoms with Crippen molar-refractivity contribution in [2.75, 3.05) is 40.5 Å². The van der Waals surface area contributed by atoms with Gasteiger partial charge in [0.15, 0.2) is 6.29 Å². The van der Waals surface area contributed by atoms with E-state index < -0.39 is 47.7 Å². The van der Waals surface area contributed by atoms with Crippen molar-refractivity contribution in [3.8, 4) is 11.8 Å². The maximum absolute atomic E-state index is 13.8. The molecule has 2 aromatic rings. The fourth-order valence-corrected chi connectivity index (χ4v) is 4.63. The Morgan fingerprint density at radius 1 is 0.907 bits per heavy atom. The lowest BCUT2D eigenvalue weighted by Crippen LogP contribution is -2.47. The van der Waals surface area contributed by atoms with E-state index in [4.69, 9.17) is 18.9 Å². The molecule has 2 unspecified atom stereocenters. The summed E-state index contributed by atoms with van der Waals surface area (Å²) in [7, 11) is 3.14. The molecule has 43 heavy (non-hydrogen) atoms. The highest BCUT2D eigenvalue weighted by Crippen LogP contribution is 2.39. The zero-order chi connectivity index (χ0) is 31.9. The van der Waals surface area contributed by atoms with Gasteiger partial charge in [0, 0.05) is 20.8 Å². The van der Waals surface area contributed by atoms with E-state index in [1.165, 1.54) is 31.2 Å². The van der Waals surface area contributed by atoms with Crippen LogP contribution in [0, 0.1) is 17.7 Å². The zero-order valence-electron chi connectivity index (χ0n) is 24.4. The number of alkyl halides is 6. The van der Waals surface area contributed by atoms with E-state index in [0.717, 1.165) is 0 Å². The predicted octanol–water partition coefficient (Wildman–Crippen LogP) is 6.63. The summed E-state index contributed by atoms with van der Waals surface area (Å²) in [6.45, 7) is 6.15. The number of ether oxygens (including phenoxy) is 4. The van der Waals surface area contributed by atoms with Crippen LogP contribution < -0.4 is 0 Å². The molecule has 238 valence electrons. The van der Waals surface area contributed by atoms with Crippen LogP contribution in [0.15, 0.2) is 42.5 Å². The summed E-state index contributed by atoms with van der Waals surface area (Å²) in [6, 6.07) is 6.16. The van der Waals surface area contributed by atoms with Crippen molar-refractivity contribution in [1.82, 2.24) is 9.80 Å². The summed E-state index contributed by atoms with van der Waals surface area (Å²) in [4.78, 5) is 3.79. The molecule has 5 atom stereocenters. The van der Waals surface area contributed by atoms with Crippen LogP contribution in [-0.2, 0) is 31.3 Å². The van der Waals surface area contributed by atoms with Crippen LogP contribution in [0.3, 0.4) is 0 Å². The average molecular weight is 621 g/mol. The van der Waals surface area contributed by atoms with E-state index >= 15 is 0 Å². The van der Waals surface area contributed by atoms with Crippen molar-refractivity contribution < 1.29 is 49.7 Å². The van der Waals surface area contributed by atoms with Crippen molar-refractivity contribution >= 4 is 0 Å². The van der Waals surface area contributed by atoms with Crippen molar-refractivity contribution in [1.29, 1.82) is 0 Å². The van der Waals surface area contributed by atoms with Gasteiger partial charge in [0.05, 0.1) is 43.0 Å². The molecular weight excluding hydrogens is 585 g/mol. The number of benzene rings is 2. The second-order valence-corrected chi connectivity index (χ2v) is 10.0. The molecule has 2 aromatic carbocycles. The molecule has 13 heteroatoms. The lowest BCUT2D eigenvalue weighted by atomic mass is 10.0. The average Bonchev–Trinajstić information content (AvgIpc) is 2.96. The monoisotopic (exact) mass is 620 g/mol. The molecule has 1 heterocycles. The number of morpholine rings is 1. The first-order chi connectivity index (χ1) is 20.1. The van der Waals surface area contributed by atoms with Crippen molar-refractivity contribution in [3.63, 3.8) is 0 Å². The standard InChI is InChI=1S/C30H35F7N2O4/c1-19(23-16-24(29(32,33)34)18-25(17-23)30(35,36)37)43-28-27(22-8-10-26(31)11-9-22)38(14-15-42-28)12-6-7-13-39(20(2)40-4)21(3)41-5/h8-11,16-21,27-28H,12-15H2,1-5H3/t19-,20?,21?,27+,28-/m1/s1. The molecule has 1 saturated heterocycles. The van der Waals surface area contributed by atoms with E-state index in [-0.39, 0.29) is 37.2 Å². The minimum Gasteiger partial charge on any atom is -0.367 e. The van der Waals surface area contributed by atoms with Gasteiger partial charge in [-0.1, -0.05) is 24.0 Å². The highest BCUT2D eigenvalue weighted by Gasteiger charge is 2.39. The first-order valence-corrected chi connectivity index (χ1v) is 13.5. The van der Waals surface area contributed by atoms with Gasteiger partial charge in [-0.3, -0.25) is 4.90 Å². The van der Waals surface area contributed by atoms with Gasteiger partial charge in [-0.2, -0.15) is 26.3 Å². The third-order valence-corrected chi connectivity index (χ3v) is 7.23. The van der Waals surface area contributed by atoms with Gasteiger partial charge in [-0.15, -0.1) is 0 Å². The molecule has 1 fully saturated rings. The second-order valence-electron chi connectivity index (χ2n) is 10.0. The smallest absolute Gasteiger partial charge is 0.367 e. The Labute approximate surface area is 246 Å². The summed E-state index contributed by atoms with van der Waals surface area (Å²) >= 11 is 0. The fraction of sp³-hybridized carbons (Fsp3) is 0.533. The molecular formula is C30H35F7N2O4. The first-order valence-electron chi connectivity index (χ1n) is 13.5. The summed E-state index contributed by atoms with van der Waals surface area (Å²) < 4.78 is 117. The number of rotatable bonds is 10. The Morgan fingerprint density at radius 2 is 1.47 bits per heavy atom. The van der Waals surface area contributed by atoms with Gasteiger partial charge in [0.2, 0.25) is 0 Å². The number of nitrogens with zero attached hydrogens (tertiary/aromatic N) is 2. The highest BCUT2D eigenvalue weighted by atomic mass is 19.4. The number of hydrogen-bond donors (Lipinski definition) is 0. The van der Waals surface area contributed by atoms with Gasteiger partial charge >= 0.3 is 12.4 Å². The van der Waals surface area contributed by atoms with E-state index in [2.05, 4.69) is 11.8 Å². The molecule has 1 aliphatic heterocycles. The minimum atomic E-state index is -5.00. The molecule has 0 spiro atoms. The Kier molecular flexibility index (Phi) is 12.0. The van der Waals surface area contributed by atoms with Crippen LogP contribution in [0.5, 0.6) is 0 Å². The van der Waals surface area contributed by atoms with Crippen LogP contribution in [0.1, 0.15) is 55.2 Å². The highest BCUT2D eigenvalue weighted by molar-refractivity contribution is 5.35. The molecule has 0 saturated carbocycles. The SMILES string of the molecule is COC(C)N(CC#CCN1CCO[C@H](O[C@H](C)c2cc(C(F)(F)F)cc(C(F)(F)F)c2)[C@@H]1c1ccc(F)cc1)C(C)OC. The van der Waals surface area contributed by atoms with Crippen molar-refractivity contribution in [2.45, 2.75) is 64.0 Å². The number of methoxy groups -OCH3 is 2. The molecule has 0 radical (unpaired) electrons. The van der Waals surface area contributed by atoms with E-state index in [1.807, 2.05) is 23.6 Å². The third-order valence-electron chi connectivity index (χ3n) is 7.23. The van der Waals surface area contributed by atoms with Gasteiger partial charge in [0.25, 0.3) is 0 Å². The fourth-order valence-electron chi connectivity index (χ4n) is 4.63. The third kappa shape index (κ3) is 9.38. The molecule has 0 amide bonds. The van der Waals surface area contributed by atoms with E-state index in [9.17, 15) is 30.7 Å². The van der Waals surface area contributed by atoms with Crippen LogP contribution >= 0.6 is 0 Å². The Morgan fingerprint density at radius 3 is 1.98 bits per heavy atom. The Bertz CT molecular complexity index is 1200. The lowest BCUT2D eigenvalue weighted by molar-refractivity contribution is -0.228. The van der Waals surface area contributed by atoms with Gasteiger partial charge in [-0.25, -0.2) is 9.29 Å². The van der Waals surface area contributed by atoms with Crippen molar-refractivity contribution in [2.24, 2.45) is 0 Å². The predicted molar refractivity (Wildman–Crippen MR) is 144 cm³/mol. The summed E-state index contributed by atoms with van der Waals surface area (Å²) in [5.41, 5.74) is -2.63. The molecule has 0 aliphatic carbocycles. The zero-order valence-corrected chi connectivity index (χ0v) is 24.4. The Balaban J connectivity index is 1.89. The maximum atomic E-state index is 13.8. The summed E-state index contributed by atoms with van der Waals surface area (Å²) in [5.74, 6) is 5.70. The second kappa shape index (κ2) is 14.8. The minimum absolute atomic E-state index is 0.0664. The number of halogens is 7. The molecule has 0 aromatic heterocycles. The first kappa shape index (κ1) is 34.8. The molecule has 0 bridgehead atoms. The Hall–Kier alpha value is -2.73. The summed E-state index contributed by atoms with van der Waals surface area (Å²) in [6.07, 6.45) is -12.9. The van der Waals surface area contributed by atoms with Crippen LogP contribution in [-0.4, -0.2) is 69.0 Å². The van der Waals surface area contributed by atoms with Crippen LogP contribution in [0.2, 0.25) is 0 Å². The number of hydrogen-bond acceptors (Lipinski definition) is 6. The van der Waals surface area contributed by atoms with Crippen LogP contribution in [0.25, 0.3) is 0 Å². The van der Waals surface area contributed by atoms with Gasteiger partial charge < -0.3 is 18.9 Å². The van der Waals surface area contributed by atoms with E-state index in [1.54, 1.807) is 14.2 Å². The lowest BCUT2D eigenvalue weighted by Gasteiger charge is -2.41. The normalized spacial score (nSPS) is 20.4. The van der Waals surface area contributed by atoms with E-state index in [0.29, 0.717) is 30.8 Å². The largest absolute Gasteiger partial charge is 0.416 e. The molecule has 3 rings (SSSR count). The quantitative estimate of drug-likeness (QED) is 0.169. The molecule has 0 N–H and O–H groups in total. The summed E-state index contributed by atoms with van der Waals surface area (Å²) in [5, 5.41) is 0. The van der Waals surface area contributed by atoms with Gasteiger partial charge in [0.1, 0.15) is 18.3 Å². The van der Waals surface area contributed by atoms with Crippen molar-refractivity contribution in [3.05, 3.63) is 70.5 Å². The maximum Gasteiger partial charge on any atom is 0.416 e.